The molecular formula is C14H19NO. The molecule has 0 spiro atoms. The first-order chi connectivity index (χ1) is 7.88. The normalized spacial score (nSPS) is 28.1. The molecule has 2 heteroatoms. The SMILES string of the molecule is COc1cccc2c1C[C@@H]1NCCC[C@H]1C2. The van der Waals surface area contributed by atoms with E-state index >= 15 is 0 Å². The first kappa shape index (κ1) is 10.2. The number of rotatable bonds is 1. The Morgan fingerprint density at radius 1 is 1.31 bits per heavy atom. The lowest BCUT2D eigenvalue weighted by atomic mass is 9.76. The average Bonchev–Trinajstić information content (AvgIpc) is 2.35. The predicted molar refractivity (Wildman–Crippen MR) is 64.9 cm³/mol. The number of hydrogen-bond donors (Lipinski definition) is 1. The van der Waals surface area contributed by atoms with Gasteiger partial charge in [0.05, 0.1) is 7.11 Å². The molecular weight excluding hydrogens is 198 g/mol. The lowest BCUT2D eigenvalue weighted by molar-refractivity contribution is 0.260. The molecule has 0 saturated carbocycles. The summed E-state index contributed by atoms with van der Waals surface area (Å²) in [5.41, 5.74) is 2.94. The van der Waals surface area contributed by atoms with E-state index in [4.69, 9.17) is 4.74 Å². The highest BCUT2D eigenvalue weighted by Gasteiger charge is 2.31. The van der Waals surface area contributed by atoms with Gasteiger partial charge in [0.2, 0.25) is 0 Å². The van der Waals surface area contributed by atoms with E-state index in [1.165, 1.54) is 36.9 Å². The molecule has 1 fully saturated rings. The third-order valence-corrected chi connectivity index (χ3v) is 4.08. The summed E-state index contributed by atoms with van der Waals surface area (Å²) in [6, 6.07) is 7.15. The van der Waals surface area contributed by atoms with Crippen LogP contribution in [0.25, 0.3) is 0 Å². The zero-order valence-electron chi connectivity index (χ0n) is 9.83. The van der Waals surface area contributed by atoms with Gasteiger partial charge in [-0.3, -0.25) is 0 Å². The second kappa shape index (κ2) is 4.10. The van der Waals surface area contributed by atoms with Gasteiger partial charge in [0, 0.05) is 6.04 Å². The Kier molecular flexibility index (Phi) is 2.60. The quantitative estimate of drug-likeness (QED) is 0.778. The zero-order valence-corrected chi connectivity index (χ0v) is 9.83. The molecule has 1 aromatic rings. The molecule has 86 valence electrons. The number of piperidine rings is 1. The summed E-state index contributed by atoms with van der Waals surface area (Å²) in [6.45, 7) is 1.19. The van der Waals surface area contributed by atoms with E-state index in [0.717, 1.165) is 18.1 Å². The average molecular weight is 217 g/mol. The minimum absolute atomic E-state index is 0.678. The standard InChI is InChI=1S/C14H19NO/c1-16-14-6-2-4-10-8-11-5-3-7-15-13(11)9-12(10)14/h2,4,6,11,13,15H,3,5,7-9H2,1H3/t11-,13-/m0/s1. The van der Waals surface area contributed by atoms with Crippen LogP contribution in [0.15, 0.2) is 18.2 Å². The van der Waals surface area contributed by atoms with Crippen LogP contribution in [0.1, 0.15) is 24.0 Å². The molecule has 1 aromatic carbocycles. The highest BCUT2D eigenvalue weighted by Crippen LogP contribution is 2.35. The minimum Gasteiger partial charge on any atom is -0.496 e. The number of hydrogen-bond acceptors (Lipinski definition) is 2. The fraction of sp³-hybridized carbons (Fsp3) is 0.571. The molecule has 1 aliphatic carbocycles. The number of methoxy groups -OCH3 is 1. The second-order valence-electron chi connectivity index (χ2n) is 4.97. The van der Waals surface area contributed by atoms with Crippen molar-refractivity contribution in [1.29, 1.82) is 0 Å². The lowest BCUT2D eigenvalue weighted by Gasteiger charge is -2.37. The van der Waals surface area contributed by atoms with Crippen molar-refractivity contribution >= 4 is 0 Å². The Balaban J connectivity index is 1.95. The van der Waals surface area contributed by atoms with Crippen LogP contribution in [-0.4, -0.2) is 19.7 Å². The summed E-state index contributed by atoms with van der Waals surface area (Å²) in [7, 11) is 1.77. The molecule has 0 aromatic heterocycles. The van der Waals surface area contributed by atoms with Crippen molar-refractivity contribution in [3.63, 3.8) is 0 Å². The maximum Gasteiger partial charge on any atom is 0.122 e. The largest absolute Gasteiger partial charge is 0.496 e. The molecule has 1 N–H and O–H groups in total. The number of ether oxygens (including phenoxy) is 1. The molecule has 0 unspecified atom stereocenters. The highest BCUT2D eigenvalue weighted by molar-refractivity contribution is 5.43. The zero-order chi connectivity index (χ0) is 11.0. The summed E-state index contributed by atoms with van der Waals surface area (Å²) >= 11 is 0. The maximum absolute atomic E-state index is 5.46. The Morgan fingerprint density at radius 3 is 3.12 bits per heavy atom. The van der Waals surface area contributed by atoms with E-state index in [0.29, 0.717) is 6.04 Å². The smallest absolute Gasteiger partial charge is 0.122 e. The summed E-state index contributed by atoms with van der Waals surface area (Å²) in [4.78, 5) is 0. The van der Waals surface area contributed by atoms with Gasteiger partial charge in [0.15, 0.2) is 0 Å². The van der Waals surface area contributed by atoms with Crippen LogP contribution in [0.2, 0.25) is 0 Å². The molecule has 3 rings (SSSR count). The van der Waals surface area contributed by atoms with Gasteiger partial charge in [-0.1, -0.05) is 12.1 Å². The van der Waals surface area contributed by atoms with Crippen LogP contribution in [0.3, 0.4) is 0 Å². The van der Waals surface area contributed by atoms with Crippen molar-refractivity contribution in [2.45, 2.75) is 31.7 Å². The first-order valence-electron chi connectivity index (χ1n) is 6.26. The van der Waals surface area contributed by atoms with Crippen LogP contribution >= 0.6 is 0 Å². The van der Waals surface area contributed by atoms with Crippen LogP contribution in [-0.2, 0) is 12.8 Å². The van der Waals surface area contributed by atoms with Crippen LogP contribution in [0, 0.1) is 5.92 Å². The van der Waals surface area contributed by atoms with Gasteiger partial charge >= 0.3 is 0 Å². The Morgan fingerprint density at radius 2 is 2.25 bits per heavy atom. The highest BCUT2D eigenvalue weighted by atomic mass is 16.5. The van der Waals surface area contributed by atoms with Crippen molar-refractivity contribution < 1.29 is 4.74 Å². The van der Waals surface area contributed by atoms with Crippen molar-refractivity contribution in [3.8, 4) is 5.75 Å². The van der Waals surface area contributed by atoms with Gasteiger partial charge < -0.3 is 10.1 Å². The van der Waals surface area contributed by atoms with Gasteiger partial charge in [0.25, 0.3) is 0 Å². The summed E-state index contributed by atoms with van der Waals surface area (Å²) in [6.07, 6.45) is 5.09. The molecule has 16 heavy (non-hydrogen) atoms. The first-order valence-corrected chi connectivity index (χ1v) is 6.26. The predicted octanol–water partition coefficient (Wildman–Crippen LogP) is 2.16. The molecule has 2 atom stereocenters. The molecule has 2 nitrogen and oxygen atoms in total. The molecule has 1 aliphatic heterocycles. The summed E-state index contributed by atoms with van der Waals surface area (Å²) < 4.78 is 5.46. The third-order valence-electron chi connectivity index (χ3n) is 4.08. The molecule has 1 heterocycles. The van der Waals surface area contributed by atoms with Gasteiger partial charge in [0.1, 0.15) is 5.75 Å². The van der Waals surface area contributed by atoms with E-state index < -0.39 is 0 Å². The van der Waals surface area contributed by atoms with Crippen molar-refractivity contribution in [2.75, 3.05) is 13.7 Å². The molecule has 0 bridgehead atoms. The monoisotopic (exact) mass is 217 g/mol. The Hall–Kier alpha value is -1.02. The summed E-state index contributed by atoms with van der Waals surface area (Å²) in [5, 5.41) is 3.66. The number of nitrogens with one attached hydrogen (secondary N) is 1. The van der Waals surface area contributed by atoms with Crippen LogP contribution in [0.5, 0.6) is 5.75 Å². The minimum atomic E-state index is 0.678. The third kappa shape index (κ3) is 1.61. The van der Waals surface area contributed by atoms with E-state index in [1.54, 1.807) is 7.11 Å². The lowest BCUT2D eigenvalue weighted by Crippen LogP contribution is -2.46. The second-order valence-corrected chi connectivity index (χ2v) is 4.97. The fourth-order valence-electron chi connectivity index (χ4n) is 3.23. The van der Waals surface area contributed by atoms with Crippen LogP contribution < -0.4 is 10.1 Å². The number of fused-ring (bicyclic) bond motifs is 2. The van der Waals surface area contributed by atoms with Gasteiger partial charge in [-0.05, 0) is 55.3 Å². The summed E-state index contributed by atoms with van der Waals surface area (Å²) in [5.74, 6) is 1.91. The van der Waals surface area contributed by atoms with Gasteiger partial charge in [-0.2, -0.15) is 0 Å². The number of benzene rings is 1. The molecule has 2 aliphatic rings. The van der Waals surface area contributed by atoms with Gasteiger partial charge in [-0.15, -0.1) is 0 Å². The van der Waals surface area contributed by atoms with Crippen molar-refractivity contribution in [3.05, 3.63) is 29.3 Å². The van der Waals surface area contributed by atoms with E-state index in [2.05, 4.69) is 23.5 Å². The van der Waals surface area contributed by atoms with Gasteiger partial charge in [-0.25, -0.2) is 0 Å². The maximum atomic E-state index is 5.46. The van der Waals surface area contributed by atoms with Crippen molar-refractivity contribution in [1.82, 2.24) is 5.32 Å². The topological polar surface area (TPSA) is 21.3 Å². The Labute approximate surface area is 97.0 Å². The molecule has 0 amide bonds. The van der Waals surface area contributed by atoms with E-state index in [9.17, 15) is 0 Å². The molecule has 1 saturated heterocycles. The van der Waals surface area contributed by atoms with Crippen molar-refractivity contribution in [2.24, 2.45) is 5.92 Å². The fourth-order valence-corrected chi connectivity index (χ4v) is 3.23. The Bertz CT molecular complexity index is 388. The van der Waals surface area contributed by atoms with E-state index in [1.807, 2.05) is 0 Å². The van der Waals surface area contributed by atoms with E-state index in [-0.39, 0.29) is 0 Å². The molecule has 0 radical (unpaired) electrons. The van der Waals surface area contributed by atoms with Crippen LogP contribution in [0.4, 0.5) is 0 Å².